The number of aliphatic hydroxyl groups excluding tert-OH is 2. The molecule has 3 aromatic carbocycles. The molecule has 0 atom stereocenters. The molecule has 0 saturated heterocycles. The Hall–Kier alpha value is -4.27. The van der Waals surface area contributed by atoms with Gasteiger partial charge in [0.05, 0.1) is 19.8 Å². The number of aryl methyl sites for hydroxylation is 3. The van der Waals surface area contributed by atoms with Crippen molar-refractivity contribution in [1.82, 2.24) is 0 Å². The summed E-state index contributed by atoms with van der Waals surface area (Å²) in [5.74, 6) is 0.549. The first kappa shape index (κ1) is 46.4. The van der Waals surface area contributed by atoms with Crippen molar-refractivity contribution in [3.05, 3.63) is 101 Å². The van der Waals surface area contributed by atoms with Crippen LogP contribution in [0, 0.1) is 17.7 Å². The normalized spacial score (nSPS) is 15.3. The molecule has 1 aliphatic carbocycles. The second kappa shape index (κ2) is 24.0. The summed E-state index contributed by atoms with van der Waals surface area (Å²) >= 11 is 0. The van der Waals surface area contributed by atoms with Gasteiger partial charge in [0.1, 0.15) is 11.6 Å². The second-order valence-electron chi connectivity index (χ2n) is 16.2. The predicted octanol–water partition coefficient (Wildman–Crippen LogP) is 11.0. The van der Waals surface area contributed by atoms with Gasteiger partial charge in [0, 0.05) is 35.8 Å². The van der Waals surface area contributed by atoms with E-state index in [1.165, 1.54) is 38.5 Å². The van der Waals surface area contributed by atoms with Crippen molar-refractivity contribution >= 4 is 11.9 Å². The maximum Gasteiger partial charge on any atom is 0.333 e. The quantitative estimate of drug-likeness (QED) is 0.0528. The smallest absolute Gasteiger partial charge is 0.333 e. The number of ether oxygens (including phenoxy) is 3. The third-order valence-corrected chi connectivity index (χ3v) is 11.5. The maximum absolute atomic E-state index is 15.9. The number of unbranched alkanes of at least 4 members (excludes halogenated alkanes) is 2. The molecule has 1 aliphatic rings. The molecule has 0 bridgehead atoms. The van der Waals surface area contributed by atoms with Crippen LogP contribution < -0.4 is 4.74 Å². The Labute approximate surface area is 346 Å². The number of hydrogen-bond donors (Lipinski definition) is 2. The highest BCUT2D eigenvalue weighted by Gasteiger charge is 2.24. The number of aliphatic hydroxyl groups is 2. The van der Waals surface area contributed by atoms with Crippen LogP contribution in [0.5, 0.6) is 5.75 Å². The van der Waals surface area contributed by atoms with Gasteiger partial charge in [0.25, 0.3) is 0 Å². The Kier molecular flexibility index (Phi) is 19.2. The minimum atomic E-state index is -0.437. The van der Waals surface area contributed by atoms with Gasteiger partial charge in [-0.1, -0.05) is 83.0 Å². The third-order valence-electron chi connectivity index (χ3n) is 11.5. The van der Waals surface area contributed by atoms with E-state index in [0.29, 0.717) is 60.5 Å². The van der Waals surface area contributed by atoms with Gasteiger partial charge in [0.15, 0.2) is 0 Å². The number of halogens is 1. The minimum absolute atomic E-state index is 0.148. The highest BCUT2D eigenvalue weighted by Crippen LogP contribution is 2.40. The first-order chi connectivity index (χ1) is 28.0. The van der Waals surface area contributed by atoms with Crippen molar-refractivity contribution < 1.29 is 38.4 Å². The van der Waals surface area contributed by atoms with E-state index in [1.54, 1.807) is 19.9 Å². The highest BCUT2D eigenvalue weighted by molar-refractivity contribution is 5.87. The molecule has 3 aromatic rings. The number of carbonyl (C=O) groups is 2. The van der Waals surface area contributed by atoms with Crippen molar-refractivity contribution in [2.45, 2.75) is 124 Å². The van der Waals surface area contributed by atoms with Gasteiger partial charge in [-0.15, -0.1) is 0 Å². The van der Waals surface area contributed by atoms with Crippen LogP contribution in [0.25, 0.3) is 22.3 Å². The molecule has 58 heavy (non-hydrogen) atoms. The van der Waals surface area contributed by atoms with Crippen molar-refractivity contribution in [2.75, 3.05) is 33.0 Å². The molecule has 0 aromatic heterocycles. The molecular weight excluding hydrogens is 732 g/mol. The summed E-state index contributed by atoms with van der Waals surface area (Å²) in [5.41, 5.74) is 8.14. The minimum Gasteiger partial charge on any atom is -0.493 e. The van der Waals surface area contributed by atoms with Crippen molar-refractivity contribution in [2.24, 2.45) is 11.8 Å². The topological polar surface area (TPSA) is 102 Å². The molecule has 7 nitrogen and oxygen atoms in total. The predicted molar refractivity (Wildman–Crippen MR) is 231 cm³/mol. The van der Waals surface area contributed by atoms with E-state index in [4.69, 9.17) is 14.2 Å². The molecule has 316 valence electrons. The summed E-state index contributed by atoms with van der Waals surface area (Å²) in [6.07, 6.45) is 13.3. The number of esters is 2. The van der Waals surface area contributed by atoms with Crippen molar-refractivity contribution in [1.29, 1.82) is 0 Å². The van der Waals surface area contributed by atoms with Crippen LogP contribution in [0.3, 0.4) is 0 Å². The van der Waals surface area contributed by atoms with Crippen LogP contribution >= 0.6 is 0 Å². The van der Waals surface area contributed by atoms with Crippen LogP contribution in [0.4, 0.5) is 4.39 Å². The fraction of sp³-hybridized carbons (Fsp3) is 0.520. The Morgan fingerprint density at radius 3 is 1.86 bits per heavy atom. The van der Waals surface area contributed by atoms with Gasteiger partial charge in [-0.25, -0.2) is 14.0 Å². The van der Waals surface area contributed by atoms with E-state index < -0.39 is 11.9 Å². The van der Waals surface area contributed by atoms with Crippen LogP contribution in [0.2, 0.25) is 0 Å². The molecule has 0 spiro atoms. The standard InChI is InChI=1S/C50H67FO7/c1-7-9-10-13-36-16-18-39(19-17-36)40-20-23-46(47(51)31-40)41-21-22-45(38(8-2)28-41)44-29-42(14-11-25-57-49(54)34(3)4)48(56-27-24-37(32-52)33-53)43(30-44)15-12-26-58-50(55)35(5)6/h20-23,28-31,36-37,39,52-53H,3,5,7-19,24-27,32-33H2,1-2,4,6H3. The molecular formula is C50H67FO7. The molecule has 0 aliphatic heterocycles. The summed E-state index contributed by atoms with van der Waals surface area (Å²) in [6, 6.07) is 16.2. The van der Waals surface area contributed by atoms with Crippen LogP contribution in [0.15, 0.2) is 72.8 Å². The number of rotatable bonds is 24. The Balaban J connectivity index is 1.65. The van der Waals surface area contributed by atoms with Crippen LogP contribution in [-0.4, -0.2) is 55.2 Å². The lowest BCUT2D eigenvalue weighted by Crippen LogP contribution is -2.16. The Morgan fingerprint density at radius 1 is 0.741 bits per heavy atom. The fourth-order valence-corrected chi connectivity index (χ4v) is 7.96. The molecule has 0 heterocycles. The van der Waals surface area contributed by atoms with Gasteiger partial charge in [-0.2, -0.15) is 0 Å². The van der Waals surface area contributed by atoms with Gasteiger partial charge in [-0.05, 0) is 147 Å². The number of hydrogen-bond acceptors (Lipinski definition) is 7. The highest BCUT2D eigenvalue weighted by atomic mass is 19.1. The maximum atomic E-state index is 15.9. The first-order valence-electron chi connectivity index (χ1n) is 21.6. The van der Waals surface area contributed by atoms with Crippen LogP contribution in [0.1, 0.15) is 126 Å². The summed E-state index contributed by atoms with van der Waals surface area (Å²) in [7, 11) is 0. The zero-order valence-corrected chi connectivity index (χ0v) is 35.5. The average Bonchev–Trinajstić information content (AvgIpc) is 3.22. The second-order valence-corrected chi connectivity index (χ2v) is 16.2. The lowest BCUT2D eigenvalue weighted by atomic mass is 9.77. The molecule has 0 unspecified atom stereocenters. The fourth-order valence-electron chi connectivity index (χ4n) is 7.96. The Morgan fingerprint density at radius 2 is 1.33 bits per heavy atom. The van der Waals surface area contributed by atoms with E-state index in [1.807, 2.05) is 12.1 Å². The monoisotopic (exact) mass is 798 g/mol. The molecule has 4 rings (SSSR count). The van der Waals surface area contributed by atoms with E-state index in [9.17, 15) is 19.8 Å². The Bertz CT molecular complexity index is 1760. The summed E-state index contributed by atoms with van der Waals surface area (Å²) in [6.45, 7) is 15.3. The summed E-state index contributed by atoms with van der Waals surface area (Å²) in [5, 5.41) is 19.4. The lowest BCUT2D eigenvalue weighted by molar-refractivity contribution is -0.139. The molecule has 0 radical (unpaired) electrons. The van der Waals surface area contributed by atoms with Gasteiger partial charge < -0.3 is 24.4 Å². The zero-order valence-electron chi connectivity index (χ0n) is 35.5. The van der Waals surface area contributed by atoms with E-state index in [0.717, 1.165) is 64.1 Å². The van der Waals surface area contributed by atoms with Gasteiger partial charge in [0.2, 0.25) is 0 Å². The van der Waals surface area contributed by atoms with Gasteiger partial charge >= 0.3 is 11.9 Å². The van der Waals surface area contributed by atoms with Crippen LogP contribution in [-0.2, 0) is 38.3 Å². The average molecular weight is 799 g/mol. The first-order valence-corrected chi connectivity index (χ1v) is 21.6. The molecule has 1 fully saturated rings. The SMILES string of the molecule is C=C(C)C(=O)OCCCc1cc(-c2ccc(-c3ccc(C4CCC(CCCCC)CC4)cc3F)cc2CC)cc(CCCOC(=O)C(=C)C)c1OCCC(CO)CO. The summed E-state index contributed by atoms with van der Waals surface area (Å²) in [4.78, 5) is 24.2. The van der Waals surface area contributed by atoms with E-state index in [-0.39, 0.29) is 44.8 Å². The summed E-state index contributed by atoms with van der Waals surface area (Å²) < 4.78 is 33.2. The van der Waals surface area contributed by atoms with E-state index in [2.05, 4.69) is 57.3 Å². The third kappa shape index (κ3) is 13.7. The zero-order chi connectivity index (χ0) is 42.0. The largest absolute Gasteiger partial charge is 0.493 e. The van der Waals surface area contributed by atoms with Gasteiger partial charge in [-0.3, -0.25) is 0 Å². The lowest BCUT2D eigenvalue weighted by Gasteiger charge is -2.29. The van der Waals surface area contributed by atoms with Crippen molar-refractivity contribution in [3.63, 3.8) is 0 Å². The van der Waals surface area contributed by atoms with E-state index >= 15 is 4.39 Å². The molecule has 0 amide bonds. The number of benzene rings is 3. The van der Waals surface area contributed by atoms with Crippen molar-refractivity contribution in [3.8, 4) is 28.0 Å². The molecule has 2 N–H and O–H groups in total. The molecule has 1 saturated carbocycles. The molecule has 8 heteroatoms. The number of carbonyl (C=O) groups excluding carboxylic acids is 2.